The molecule has 48 heavy (non-hydrogen) atoms. The molecule has 10 nitrogen and oxygen atoms in total. The summed E-state index contributed by atoms with van der Waals surface area (Å²) < 4.78 is 0. The van der Waals surface area contributed by atoms with E-state index in [0.29, 0.717) is 43.2 Å². The Kier molecular flexibility index (Phi) is 8.34. The molecule has 1 aliphatic rings. The maximum atomic E-state index is 12.5. The van der Waals surface area contributed by atoms with Crippen LogP contribution in [0.5, 0.6) is 0 Å². The minimum atomic E-state index is -0.421. The van der Waals surface area contributed by atoms with E-state index in [1.165, 1.54) is 12.2 Å². The Morgan fingerprint density at radius 1 is 0.604 bits per heavy atom. The fraction of sp³-hybridized carbons (Fsp3) is 0.111. The van der Waals surface area contributed by atoms with Gasteiger partial charge in [-0.15, -0.1) is 0 Å². The lowest BCUT2D eigenvalue weighted by atomic mass is 10.1. The lowest BCUT2D eigenvalue weighted by molar-refractivity contribution is 0.514. The van der Waals surface area contributed by atoms with E-state index in [1.807, 2.05) is 48.5 Å². The van der Waals surface area contributed by atoms with Crippen molar-refractivity contribution >= 4 is 80.3 Å². The van der Waals surface area contributed by atoms with E-state index in [0.717, 1.165) is 37.6 Å². The third-order valence-electron chi connectivity index (χ3n) is 8.24. The summed E-state index contributed by atoms with van der Waals surface area (Å²) in [5, 5.41) is 22.5. The van der Waals surface area contributed by atoms with Crippen molar-refractivity contribution in [3.8, 4) is 0 Å². The smallest absolute Gasteiger partial charge is 0.274 e. The van der Waals surface area contributed by atoms with Crippen LogP contribution in [0.3, 0.4) is 0 Å². The number of aliphatic hydroxyl groups excluding tert-OH is 2. The molecule has 240 valence electrons. The van der Waals surface area contributed by atoms with E-state index in [1.54, 1.807) is 36.4 Å². The Labute approximate surface area is 283 Å². The minimum Gasteiger partial charge on any atom is -0.507 e. The maximum absolute atomic E-state index is 12.5. The van der Waals surface area contributed by atoms with Crippen molar-refractivity contribution in [3.63, 3.8) is 0 Å². The van der Waals surface area contributed by atoms with Crippen molar-refractivity contribution in [2.75, 3.05) is 36.0 Å². The number of nitrogens with one attached hydrogen (secondary N) is 2. The molecule has 1 aliphatic heterocycles. The van der Waals surface area contributed by atoms with Crippen molar-refractivity contribution in [1.29, 1.82) is 0 Å². The van der Waals surface area contributed by atoms with Gasteiger partial charge >= 0.3 is 0 Å². The van der Waals surface area contributed by atoms with Gasteiger partial charge in [-0.2, -0.15) is 0 Å². The van der Waals surface area contributed by atoms with Crippen LogP contribution in [-0.4, -0.2) is 56.3 Å². The number of benzene rings is 4. The SMILES string of the molecule is O=c1[nH]c2cc(Cl)ccc2nc1/C=C(\O)c1ccc(N2CCN(c3ccc(/C(O)=C/c4nc5ccc(Cl)cc5[nH]c4=O)cc3)CC2)cc1. The van der Waals surface area contributed by atoms with Gasteiger partial charge in [0.25, 0.3) is 11.1 Å². The quantitative estimate of drug-likeness (QED) is 0.140. The van der Waals surface area contributed by atoms with Crippen LogP contribution >= 0.6 is 23.2 Å². The average molecular weight is 680 g/mol. The molecule has 2 aromatic heterocycles. The number of H-pyrrole nitrogens is 2. The fourth-order valence-corrected chi connectivity index (χ4v) is 6.02. The summed E-state index contributed by atoms with van der Waals surface area (Å²) in [4.78, 5) is 43.8. The number of nitrogens with zero attached hydrogens (tertiary/aromatic N) is 4. The molecule has 0 spiro atoms. The predicted octanol–water partition coefficient (Wildman–Crippen LogP) is 6.91. The second-order valence-electron chi connectivity index (χ2n) is 11.4. The first kappa shape index (κ1) is 31.0. The Morgan fingerprint density at radius 2 is 0.979 bits per heavy atom. The Bertz CT molecular complexity index is 2180. The Balaban J connectivity index is 0.985. The van der Waals surface area contributed by atoms with Crippen molar-refractivity contribution in [1.82, 2.24) is 19.9 Å². The number of piperazine rings is 1. The number of aromatic nitrogens is 4. The summed E-state index contributed by atoms with van der Waals surface area (Å²) in [5.41, 5.74) is 4.73. The van der Waals surface area contributed by atoms with Crippen LogP contribution in [0.2, 0.25) is 10.0 Å². The molecule has 0 bridgehead atoms. The maximum Gasteiger partial charge on any atom is 0.274 e. The Morgan fingerprint density at radius 3 is 1.35 bits per heavy atom. The predicted molar refractivity (Wildman–Crippen MR) is 193 cm³/mol. The minimum absolute atomic E-state index is 0.0623. The molecule has 7 rings (SSSR count). The van der Waals surface area contributed by atoms with Crippen molar-refractivity contribution in [3.05, 3.63) is 138 Å². The van der Waals surface area contributed by atoms with Gasteiger partial charge in [-0.25, -0.2) is 9.97 Å². The van der Waals surface area contributed by atoms with E-state index in [-0.39, 0.29) is 22.9 Å². The second-order valence-corrected chi connectivity index (χ2v) is 12.2. The molecule has 0 aliphatic carbocycles. The zero-order valence-electron chi connectivity index (χ0n) is 25.3. The number of hydrogen-bond donors (Lipinski definition) is 4. The molecule has 1 fully saturated rings. The molecule has 0 unspecified atom stereocenters. The van der Waals surface area contributed by atoms with Crippen LogP contribution in [-0.2, 0) is 0 Å². The van der Waals surface area contributed by atoms with Crippen molar-refractivity contribution in [2.45, 2.75) is 0 Å². The summed E-state index contributed by atoms with van der Waals surface area (Å²) in [6.07, 6.45) is 2.72. The lowest BCUT2D eigenvalue weighted by Crippen LogP contribution is -2.46. The first-order valence-corrected chi connectivity index (χ1v) is 15.9. The third-order valence-corrected chi connectivity index (χ3v) is 8.71. The average Bonchev–Trinajstić information content (AvgIpc) is 3.09. The summed E-state index contributed by atoms with van der Waals surface area (Å²) in [6.45, 7) is 3.15. The Hall–Kier alpha value is -5.58. The van der Waals surface area contributed by atoms with Gasteiger partial charge in [0.1, 0.15) is 22.9 Å². The van der Waals surface area contributed by atoms with Crippen LogP contribution < -0.4 is 20.9 Å². The van der Waals surface area contributed by atoms with Gasteiger partial charge < -0.3 is 30.0 Å². The van der Waals surface area contributed by atoms with Crippen LogP contribution in [0, 0.1) is 0 Å². The fourth-order valence-electron chi connectivity index (χ4n) is 5.68. The highest BCUT2D eigenvalue weighted by atomic mass is 35.5. The van der Waals surface area contributed by atoms with Crippen molar-refractivity contribution in [2.24, 2.45) is 0 Å². The number of anilines is 2. The van der Waals surface area contributed by atoms with Gasteiger partial charge in [0, 0.05) is 70.9 Å². The molecule has 0 saturated carbocycles. The zero-order valence-corrected chi connectivity index (χ0v) is 26.8. The molecular weight excluding hydrogens is 651 g/mol. The molecule has 6 aromatic rings. The summed E-state index contributed by atoms with van der Waals surface area (Å²) >= 11 is 12.0. The van der Waals surface area contributed by atoms with Gasteiger partial charge in [-0.05, 0) is 84.9 Å². The zero-order chi connectivity index (χ0) is 33.4. The van der Waals surface area contributed by atoms with Crippen LogP contribution in [0.4, 0.5) is 11.4 Å². The highest BCUT2D eigenvalue weighted by Crippen LogP contribution is 2.25. The molecule has 4 aromatic carbocycles. The number of hydrogen-bond acceptors (Lipinski definition) is 8. The third kappa shape index (κ3) is 6.48. The molecule has 0 atom stereocenters. The van der Waals surface area contributed by atoms with Crippen LogP contribution in [0.25, 0.3) is 45.7 Å². The highest BCUT2D eigenvalue weighted by molar-refractivity contribution is 6.31. The topological polar surface area (TPSA) is 138 Å². The van der Waals surface area contributed by atoms with E-state index >= 15 is 0 Å². The van der Waals surface area contributed by atoms with Gasteiger partial charge in [-0.1, -0.05) is 23.2 Å². The largest absolute Gasteiger partial charge is 0.507 e. The normalized spacial score (nSPS) is 14.2. The summed E-state index contributed by atoms with van der Waals surface area (Å²) in [5.74, 6) is -0.125. The molecule has 4 N–H and O–H groups in total. The number of fused-ring (bicyclic) bond motifs is 2. The first-order chi connectivity index (χ1) is 23.2. The van der Waals surface area contributed by atoms with E-state index < -0.39 is 11.1 Å². The van der Waals surface area contributed by atoms with E-state index in [4.69, 9.17) is 23.2 Å². The molecule has 1 saturated heterocycles. The van der Waals surface area contributed by atoms with E-state index in [9.17, 15) is 19.8 Å². The molecule has 0 amide bonds. The molecule has 3 heterocycles. The number of aromatic amines is 2. The monoisotopic (exact) mass is 678 g/mol. The number of rotatable bonds is 6. The summed E-state index contributed by atoms with van der Waals surface area (Å²) in [6, 6.07) is 25.1. The van der Waals surface area contributed by atoms with Gasteiger partial charge in [0.05, 0.1) is 22.1 Å². The van der Waals surface area contributed by atoms with Gasteiger partial charge in [-0.3, -0.25) is 9.59 Å². The van der Waals surface area contributed by atoms with Crippen LogP contribution in [0.15, 0.2) is 94.5 Å². The summed E-state index contributed by atoms with van der Waals surface area (Å²) in [7, 11) is 0. The van der Waals surface area contributed by atoms with Gasteiger partial charge in [0.2, 0.25) is 0 Å². The second kappa shape index (κ2) is 12.9. The number of aliphatic hydroxyl groups is 2. The van der Waals surface area contributed by atoms with E-state index in [2.05, 4.69) is 29.7 Å². The number of halogens is 2. The molecular formula is C36H28Cl2N6O4. The molecule has 0 radical (unpaired) electrons. The first-order valence-electron chi connectivity index (χ1n) is 15.1. The standard InChI is InChI=1S/C36H28Cl2N6O4/c37-23-5-11-27-29(17-23)41-35(47)31(39-27)19-33(45)21-1-7-25(8-2-21)43-13-15-44(16-14-43)26-9-3-22(4-10-26)34(46)20-32-36(48)42-30-18-24(38)6-12-28(30)40-32/h1-12,17-20,45-46H,13-16H2,(H,41,47)(H,42,48)/b33-19-,34-20-. The van der Waals surface area contributed by atoms with Crippen molar-refractivity contribution < 1.29 is 10.2 Å². The highest BCUT2D eigenvalue weighted by Gasteiger charge is 2.18. The lowest BCUT2D eigenvalue weighted by Gasteiger charge is -2.37. The molecule has 12 heteroatoms. The van der Waals surface area contributed by atoms with Crippen LogP contribution in [0.1, 0.15) is 22.5 Å². The van der Waals surface area contributed by atoms with Gasteiger partial charge in [0.15, 0.2) is 0 Å².